The van der Waals surface area contributed by atoms with Crippen molar-refractivity contribution in [2.45, 2.75) is 105 Å². The van der Waals surface area contributed by atoms with Gasteiger partial charge in [-0.25, -0.2) is 4.79 Å². The van der Waals surface area contributed by atoms with Crippen molar-refractivity contribution in [3.8, 4) is 0 Å². The predicted octanol–water partition coefficient (Wildman–Crippen LogP) is 5.53. The molecule has 0 aromatic heterocycles. The Morgan fingerprint density at radius 3 is 2.25 bits per heavy atom. The number of rotatable bonds is 11. The topological polar surface area (TPSA) is 87.7 Å². The Morgan fingerprint density at radius 1 is 1.08 bits per heavy atom. The van der Waals surface area contributed by atoms with Crippen molar-refractivity contribution in [1.29, 1.82) is 0 Å². The maximum Gasteiger partial charge on any atom is 0.408 e. The Bertz CT molecular complexity index is 890. The number of unbranched alkanes of at least 4 members (excludes halogenated alkanes) is 1. The van der Waals surface area contributed by atoms with E-state index in [9.17, 15) is 14.4 Å². The fourth-order valence-electron chi connectivity index (χ4n) is 3.91. The van der Waals surface area contributed by atoms with E-state index in [1.165, 1.54) is 0 Å². The van der Waals surface area contributed by atoms with Crippen molar-refractivity contribution >= 4 is 29.7 Å². The molecule has 0 heterocycles. The van der Waals surface area contributed by atoms with Crippen molar-refractivity contribution in [2.24, 2.45) is 0 Å². The molecule has 36 heavy (non-hydrogen) atoms. The first-order valence-corrected chi connectivity index (χ1v) is 14.2. The number of carbonyl (C=O) groups excluding carboxylic acids is 3. The lowest BCUT2D eigenvalue weighted by molar-refractivity contribution is -0.148. The maximum atomic E-state index is 14.2. The largest absolute Gasteiger partial charge is 0.444 e. The Balaban J connectivity index is 3.57. The van der Waals surface area contributed by atoms with Crippen LogP contribution in [0, 0.1) is 13.8 Å². The van der Waals surface area contributed by atoms with E-state index in [0.717, 1.165) is 29.5 Å². The van der Waals surface area contributed by atoms with Crippen molar-refractivity contribution < 1.29 is 19.1 Å². The van der Waals surface area contributed by atoms with Crippen LogP contribution in [0.1, 0.15) is 90.5 Å². The van der Waals surface area contributed by atoms with Gasteiger partial charge in [0.05, 0.1) is 0 Å². The number of carbonyl (C=O) groups is 3. The number of nitrogens with one attached hydrogen (secondary N) is 2. The van der Waals surface area contributed by atoms with E-state index in [0.29, 0.717) is 18.7 Å². The molecule has 0 aliphatic heterocycles. The first-order valence-electron chi connectivity index (χ1n) is 12.8. The first kappa shape index (κ1) is 31.8. The molecular formula is C28H47N3O4S. The second kappa shape index (κ2) is 13.9. The third-order valence-corrected chi connectivity index (χ3v) is 6.48. The normalized spacial score (nSPS) is 13.5. The zero-order valence-electron chi connectivity index (χ0n) is 23.9. The number of benzene rings is 1. The van der Waals surface area contributed by atoms with Gasteiger partial charge in [-0.05, 0) is 96.9 Å². The molecule has 1 rings (SSSR count). The van der Waals surface area contributed by atoms with E-state index in [4.69, 9.17) is 4.74 Å². The summed E-state index contributed by atoms with van der Waals surface area (Å²) >= 11 is 1.59. The Morgan fingerprint density at radius 2 is 1.72 bits per heavy atom. The predicted molar refractivity (Wildman–Crippen MR) is 149 cm³/mol. The number of hydrogen-bond acceptors (Lipinski definition) is 5. The zero-order valence-corrected chi connectivity index (χ0v) is 24.7. The number of ether oxygens (including phenoxy) is 1. The third-order valence-electron chi connectivity index (χ3n) is 5.84. The van der Waals surface area contributed by atoms with E-state index < -0.39 is 29.3 Å². The average Bonchev–Trinajstić information content (AvgIpc) is 2.74. The lowest BCUT2D eigenvalue weighted by Crippen LogP contribution is -2.58. The number of alkyl carbamates (subject to hydrolysis) is 1. The second-order valence-electron chi connectivity index (χ2n) is 11.2. The van der Waals surface area contributed by atoms with Gasteiger partial charge in [0.15, 0.2) is 0 Å². The molecule has 0 bridgehead atoms. The van der Waals surface area contributed by atoms with Crippen LogP contribution < -0.4 is 10.6 Å². The number of hydrogen-bond donors (Lipinski definition) is 2. The maximum absolute atomic E-state index is 14.2. The molecule has 1 aromatic carbocycles. The Kier molecular flexibility index (Phi) is 12.3. The van der Waals surface area contributed by atoms with Crippen LogP contribution in [0.15, 0.2) is 18.2 Å². The molecule has 204 valence electrons. The van der Waals surface area contributed by atoms with Crippen LogP contribution in [0.2, 0.25) is 0 Å². The molecular weight excluding hydrogens is 474 g/mol. The number of aryl methyl sites for hydroxylation is 1. The van der Waals surface area contributed by atoms with Crippen LogP contribution in [0.25, 0.3) is 0 Å². The molecule has 2 atom stereocenters. The summed E-state index contributed by atoms with van der Waals surface area (Å²) in [6.45, 7) is 17.7. The minimum Gasteiger partial charge on any atom is -0.444 e. The molecule has 2 N–H and O–H groups in total. The fourth-order valence-corrected chi connectivity index (χ4v) is 4.38. The molecule has 1 aromatic rings. The fraction of sp³-hybridized carbons (Fsp3) is 0.679. The van der Waals surface area contributed by atoms with E-state index in [2.05, 4.69) is 17.6 Å². The molecule has 0 radical (unpaired) electrons. The molecule has 0 saturated carbocycles. The van der Waals surface area contributed by atoms with Crippen LogP contribution in [0.5, 0.6) is 0 Å². The molecule has 3 amide bonds. The number of amides is 3. The van der Waals surface area contributed by atoms with Crippen LogP contribution in [-0.4, -0.2) is 58.5 Å². The highest BCUT2D eigenvalue weighted by Gasteiger charge is 2.42. The lowest BCUT2D eigenvalue weighted by atomic mass is 9.91. The van der Waals surface area contributed by atoms with Gasteiger partial charge >= 0.3 is 6.09 Å². The summed E-state index contributed by atoms with van der Waals surface area (Å²) < 4.78 is 5.45. The molecule has 0 spiro atoms. The SMILES string of the molecule is CCCCNC(=O)C(c1cccc(C)c1C)N(C(=O)C(CCSC)NC(=O)OC(C)(C)C)C(C)(C)C. The van der Waals surface area contributed by atoms with Gasteiger partial charge < -0.3 is 20.3 Å². The van der Waals surface area contributed by atoms with Crippen LogP contribution in [-0.2, 0) is 14.3 Å². The van der Waals surface area contributed by atoms with E-state index in [-0.39, 0.29) is 11.8 Å². The molecule has 7 nitrogen and oxygen atoms in total. The van der Waals surface area contributed by atoms with Gasteiger partial charge in [0.2, 0.25) is 11.8 Å². The molecule has 0 aliphatic carbocycles. The van der Waals surface area contributed by atoms with Gasteiger partial charge in [-0.1, -0.05) is 31.5 Å². The average molecular weight is 522 g/mol. The van der Waals surface area contributed by atoms with Gasteiger partial charge in [0, 0.05) is 12.1 Å². The molecule has 0 fully saturated rings. The standard InChI is InChI=1S/C28H47N3O4S/c1-11-12-17-29-24(32)23(21-15-13-14-19(2)20(21)3)31(27(4,5)6)25(33)22(16-18-36-10)30-26(34)35-28(7,8)9/h13-15,22-23H,11-12,16-18H2,1-10H3,(H,29,32)(H,30,34). The zero-order chi connectivity index (χ0) is 27.7. The third kappa shape index (κ3) is 9.68. The Hall–Kier alpha value is -2.22. The number of thioether (sulfide) groups is 1. The van der Waals surface area contributed by atoms with Crippen molar-refractivity contribution in [3.63, 3.8) is 0 Å². The van der Waals surface area contributed by atoms with E-state index in [1.807, 2.05) is 59.1 Å². The first-order chi connectivity index (χ1) is 16.6. The Labute approximate surface area is 222 Å². The van der Waals surface area contributed by atoms with Crippen molar-refractivity contribution in [1.82, 2.24) is 15.5 Å². The summed E-state index contributed by atoms with van der Waals surface area (Å²) in [6.07, 6.45) is 3.53. The van der Waals surface area contributed by atoms with Gasteiger partial charge in [-0.2, -0.15) is 11.8 Å². The van der Waals surface area contributed by atoms with E-state index >= 15 is 0 Å². The van der Waals surface area contributed by atoms with Gasteiger partial charge in [0.1, 0.15) is 17.7 Å². The summed E-state index contributed by atoms with van der Waals surface area (Å²) in [6, 6.07) is 4.16. The second-order valence-corrected chi connectivity index (χ2v) is 12.2. The molecule has 0 saturated heterocycles. The minimum absolute atomic E-state index is 0.221. The summed E-state index contributed by atoms with van der Waals surface area (Å²) in [5, 5.41) is 5.83. The lowest BCUT2D eigenvalue weighted by Gasteiger charge is -2.43. The van der Waals surface area contributed by atoms with Crippen molar-refractivity contribution in [2.75, 3.05) is 18.6 Å². The number of nitrogens with zero attached hydrogens (tertiary/aromatic N) is 1. The smallest absolute Gasteiger partial charge is 0.408 e. The van der Waals surface area contributed by atoms with Crippen LogP contribution >= 0.6 is 11.8 Å². The van der Waals surface area contributed by atoms with Gasteiger partial charge in [0.25, 0.3) is 0 Å². The summed E-state index contributed by atoms with van der Waals surface area (Å²) in [4.78, 5) is 42.2. The van der Waals surface area contributed by atoms with Crippen molar-refractivity contribution in [3.05, 3.63) is 34.9 Å². The molecule has 2 unspecified atom stereocenters. The quantitative estimate of drug-likeness (QED) is 0.374. The summed E-state index contributed by atoms with van der Waals surface area (Å²) in [5.41, 5.74) is 1.41. The summed E-state index contributed by atoms with van der Waals surface area (Å²) in [7, 11) is 0. The highest BCUT2D eigenvalue weighted by molar-refractivity contribution is 7.98. The van der Waals surface area contributed by atoms with Crippen LogP contribution in [0.4, 0.5) is 4.79 Å². The highest BCUT2D eigenvalue weighted by Crippen LogP contribution is 2.33. The molecule has 0 aliphatic rings. The van der Waals surface area contributed by atoms with Crippen LogP contribution in [0.3, 0.4) is 0 Å². The van der Waals surface area contributed by atoms with E-state index in [1.54, 1.807) is 37.4 Å². The van der Waals surface area contributed by atoms with Gasteiger partial charge in [-0.15, -0.1) is 0 Å². The minimum atomic E-state index is -0.841. The summed E-state index contributed by atoms with van der Waals surface area (Å²) in [5.74, 6) is 0.140. The molecule has 8 heteroatoms. The monoisotopic (exact) mass is 521 g/mol. The van der Waals surface area contributed by atoms with Gasteiger partial charge in [-0.3, -0.25) is 9.59 Å². The highest BCUT2D eigenvalue weighted by atomic mass is 32.2.